The molecule has 11 heteroatoms. The minimum absolute atomic E-state index is 0.183. The first-order valence-electron chi connectivity index (χ1n) is 9.52. The number of phenolic OH excluding ortho intramolecular Hbond substituents is 1. The van der Waals surface area contributed by atoms with Gasteiger partial charge in [-0.1, -0.05) is 12.1 Å². The summed E-state index contributed by atoms with van der Waals surface area (Å²) >= 11 is 0. The van der Waals surface area contributed by atoms with Crippen LogP contribution < -0.4 is 4.57 Å². The van der Waals surface area contributed by atoms with Crippen molar-refractivity contribution in [2.75, 3.05) is 0 Å². The third kappa shape index (κ3) is 5.31. The molecule has 4 aromatic rings. The van der Waals surface area contributed by atoms with Crippen LogP contribution in [0, 0.1) is 11.3 Å². The van der Waals surface area contributed by atoms with Crippen LogP contribution in [-0.4, -0.2) is 28.6 Å². The second-order valence-electron chi connectivity index (χ2n) is 7.01. The number of hydrogen-bond donors (Lipinski definition) is 1. The number of halogens is 3. The van der Waals surface area contributed by atoms with E-state index in [1.54, 1.807) is 12.3 Å². The summed E-state index contributed by atoms with van der Waals surface area (Å²) in [6.45, 7) is 0. The van der Waals surface area contributed by atoms with Gasteiger partial charge in [-0.3, -0.25) is 4.98 Å². The van der Waals surface area contributed by atoms with E-state index >= 15 is 0 Å². The van der Waals surface area contributed by atoms with Gasteiger partial charge in [-0.05, 0) is 42.0 Å². The molecule has 2 aromatic heterocycles. The summed E-state index contributed by atoms with van der Waals surface area (Å²) in [6, 6.07) is 19.3. The summed E-state index contributed by atoms with van der Waals surface area (Å²) in [7, 11) is -4.09. The van der Waals surface area contributed by atoms with Crippen LogP contribution >= 0.6 is 0 Å². The van der Waals surface area contributed by atoms with Gasteiger partial charge in [-0.25, -0.2) is 8.42 Å². The first-order chi connectivity index (χ1) is 15.9. The predicted octanol–water partition coefficient (Wildman–Crippen LogP) is 4.01. The highest BCUT2D eigenvalue weighted by Crippen LogP contribution is 2.26. The molecule has 0 aliphatic heterocycles. The van der Waals surface area contributed by atoms with Crippen LogP contribution in [0.15, 0.2) is 60.8 Å². The van der Waals surface area contributed by atoms with Gasteiger partial charge in [0.25, 0.3) is 0 Å². The van der Waals surface area contributed by atoms with E-state index in [1.807, 2.05) is 67.7 Å². The maximum atomic E-state index is 10.7. The smallest absolute Gasteiger partial charge is 0.485 e. The molecule has 0 atom stereocenters. The second kappa shape index (κ2) is 9.46. The summed E-state index contributed by atoms with van der Waals surface area (Å²) in [5.41, 5.74) is -1.31. The number of nitrogens with zero attached hydrogens (tertiary/aromatic N) is 3. The maximum absolute atomic E-state index is 10.7. The SMILES string of the molecule is C[n+]1c(C=Cc2ccc(O)c3ncccc23)ccc2cc(C#N)ccc21.O=S(=O)([O-])C(F)(F)F. The molecule has 0 saturated heterocycles. The van der Waals surface area contributed by atoms with Crippen molar-refractivity contribution < 1.29 is 35.8 Å². The van der Waals surface area contributed by atoms with Gasteiger partial charge in [-0.15, -0.1) is 0 Å². The van der Waals surface area contributed by atoms with Gasteiger partial charge >= 0.3 is 5.51 Å². The van der Waals surface area contributed by atoms with E-state index in [2.05, 4.69) is 15.6 Å². The molecule has 0 saturated carbocycles. The molecule has 0 bridgehead atoms. The van der Waals surface area contributed by atoms with E-state index in [9.17, 15) is 18.3 Å². The van der Waals surface area contributed by atoms with Gasteiger partial charge in [-0.2, -0.15) is 23.0 Å². The molecule has 0 aliphatic carbocycles. The molecule has 4 rings (SSSR count). The zero-order valence-corrected chi connectivity index (χ0v) is 18.3. The summed E-state index contributed by atoms with van der Waals surface area (Å²) in [6.07, 6.45) is 5.74. The Morgan fingerprint density at radius 1 is 1.12 bits per heavy atom. The number of pyridine rings is 2. The molecule has 0 unspecified atom stereocenters. The van der Waals surface area contributed by atoms with Gasteiger partial charge in [0.05, 0.1) is 11.6 Å². The number of aryl methyl sites for hydroxylation is 1. The van der Waals surface area contributed by atoms with Gasteiger partial charge in [0.1, 0.15) is 18.3 Å². The molecule has 1 N–H and O–H groups in total. The van der Waals surface area contributed by atoms with E-state index in [4.69, 9.17) is 18.2 Å². The number of alkyl halides is 3. The highest BCUT2D eigenvalue weighted by atomic mass is 32.2. The Morgan fingerprint density at radius 3 is 2.47 bits per heavy atom. The molecule has 0 fully saturated rings. The van der Waals surface area contributed by atoms with Gasteiger partial charge in [0, 0.05) is 35.2 Å². The van der Waals surface area contributed by atoms with Crippen molar-refractivity contribution in [3.8, 4) is 11.8 Å². The molecule has 2 aromatic carbocycles. The lowest BCUT2D eigenvalue weighted by Gasteiger charge is -2.08. The van der Waals surface area contributed by atoms with E-state index in [0.29, 0.717) is 11.1 Å². The van der Waals surface area contributed by atoms with Crippen LogP contribution in [0.1, 0.15) is 16.8 Å². The van der Waals surface area contributed by atoms with Crippen molar-refractivity contribution in [3.63, 3.8) is 0 Å². The van der Waals surface area contributed by atoms with Crippen LogP contribution in [0.2, 0.25) is 0 Å². The minimum atomic E-state index is -6.09. The third-order valence-corrected chi connectivity index (χ3v) is 5.41. The quantitative estimate of drug-likeness (QED) is 0.259. The number of nitriles is 1. The normalized spacial score (nSPS) is 11.9. The molecule has 0 amide bonds. The molecular formula is C23H16F3N3O4S. The van der Waals surface area contributed by atoms with Crippen molar-refractivity contribution >= 4 is 44.1 Å². The molecule has 0 spiro atoms. The van der Waals surface area contributed by atoms with Crippen LogP contribution in [0.4, 0.5) is 13.2 Å². The minimum Gasteiger partial charge on any atom is -0.741 e. The number of phenols is 1. The molecular weight excluding hydrogens is 471 g/mol. The number of benzene rings is 2. The van der Waals surface area contributed by atoms with Crippen molar-refractivity contribution in [3.05, 3.63) is 77.6 Å². The molecule has 0 aliphatic rings. The zero-order chi connectivity index (χ0) is 25.1. The molecule has 2 heterocycles. The van der Waals surface area contributed by atoms with Crippen LogP contribution in [-0.2, 0) is 17.2 Å². The largest absolute Gasteiger partial charge is 0.741 e. The standard InChI is InChI=1S/C22H15N3O.CHF3O3S/c1-25-18(9-6-17-13-15(14-23)4-10-20(17)25)8-5-16-7-11-21(26)22-19(16)3-2-12-24-22;2-1(3,4)8(5,6)7/h2-13H,1H3;(H,5,6,7). The van der Waals surface area contributed by atoms with E-state index in [1.165, 1.54) is 0 Å². The molecule has 0 radical (unpaired) electrons. The first-order valence-corrected chi connectivity index (χ1v) is 10.9. The Labute approximate surface area is 192 Å². The first kappa shape index (κ1) is 24.6. The lowest BCUT2D eigenvalue weighted by Crippen LogP contribution is -2.32. The summed E-state index contributed by atoms with van der Waals surface area (Å²) in [5, 5.41) is 21.0. The highest BCUT2D eigenvalue weighted by Gasteiger charge is 2.36. The van der Waals surface area contributed by atoms with Crippen molar-refractivity contribution in [2.45, 2.75) is 5.51 Å². The van der Waals surface area contributed by atoms with Gasteiger partial charge in [0.15, 0.2) is 10.1 Å². The monoisotopic (exact) mass is 487 g/mol. The number of fused-ring (bicyclic) bond motifs is 2. The fourth-order valence-electron chi connectivity index (χ4n) is 3.16. The zero-order valence-electron chi connectivity index (χ0n) is 17.5. The number of hydrogen-bond acceptors (Lipinski definition) is 6. The summed E-state index contributed by atoms with van der Waals surface area (Å²) in [4.78, 5) is 4.26. The number of aromatic hydroxyl groups is 1. The van der Waals surface area contributed by atoms with Crippen LogP contribution in [0.25, 0.3) is 34.0 Å². The Bertz CT molecular complexity index is 1560. The van der Waals surface area contributed by atoms with E-state index < -0.39 is 15.6 Å². The lowest BCUT2D eigenvalue weighted by atomic mass is 10.1. The van der Waals surface area contributed by atoms with Crippen molar-refractivity contribution in [2.24, 2.45) is 7.05 Å². The average Bonchev–Trinajstić information content (AvgIpc) is 2.79. The van der Waals surface area contributed by atoms with E-state index in [0.717, 1.165) is 27.5 Å². The fourth-order valence-corrected chi connectivity index (χ4v) is 3.16. The number of rotatable bonds is 2. The molecule has 7 nitrogen and oxygen atoms in total. The molecule has 34 heavy (non-hydrogen) atoms. The Kier molecular flexibility index (Phi) is 6.85. The topological polar surface area (TPSA) is 118 Å². The van der Waals surface area contributed by atoms with Gasteiger partial charge < -0.3 is 9.66 Å². The Hall–Kier alpha value is -4.01. The average molecular weight is 487 g/mol. The maximum Gasteiger partial charge on any atom is 0.485 e. The summed E-state index contributed by atoms with van der Waals surface area (Å²) < 4.78 is 61.0. The Morgan fingerprint density at radius 2 is 1.82 bits per heavy atom. The fraction of sp³-hybridized carbons (Fsp3) is 0.0870. The van der Waals surface area contributed by atoms with Crippen LogP contribution in [0.3, 0.4) is 0 Å². The van der Waals surface area contributed by atoms with E-state index in [-0.39, 0.29) is 5.75 Å². The van der Waals surface area contributed by atoms with Crippen LogP contribution in [0.5, 0.6) is 5.75 Å². The van der Waals surface area contributed by atoms with Gasteiger partial charge in [0.2, 0.25) is 11.2 Å². The Balaban J connectivity index is 0.000000350. The predicted molar refractivity (Wildman–Crippen MR) is 118 cm³/mol. The molecule has 174 valence electrons. The van der Waals surface area contributed by atoms with Crippen molar-refractivity contribution in [1.82, 2.24) is 4.98 Å². The lowest BCUT2D eigenvalue weighted by molar-refractivity contribution is -0.646. The van der Waals surface area contributed by atoms with Crippen molar-refractivity contribution in [1.29, 1.82) is 5.26 Å². The number of aromatic nitrogens is 2. The second-order valence-corrected chi connectivity index (χ2v) is 8.38. The highest BCUT2D eigenvalue weighted by molar-refractivity contribution is 7.86. The summed E-state index contributed by atoms with van der Waals surface area (Å²) in [5.74, 6) is 0.183. The third-order valence-electron chi connectivity index (χ3n) is 4.84.